The van der Waals surface area contributed by atoms with Crippen molar-refractivity contribution in [1.82, 2.24) is 9.55 Å². The number of hydrogen-bond acceptors (Lipinski definition) is 8. The van der Waals surface area contributed by atoms with E-state index in [1.54, 1.807) is 0 Å². The number of anilines is 2. The van der Waals surface area contributed by atoms with Gasteiger partial charge < -0.3 is 30.0 Å². The van der Waals surface area contributed by atoms with Crippen LogP contribution in [0.2, 0.25) is 0 Å². The number of benzene rings is 1. The summed E-state index contributed by atoms with van der Waals surface area (Å²) in [5.41, 5.74) is 6.93. The van der Waals surface area contributed by atoms with E-state index in [2.05, 4.69) is 4.98 Å². The molecule has 0 aliphatic carbocycles. The van der Waals surface area contributed by atoms with Gasteiger partial charge in [-0.05, 0) is 18.2 Å². The third kappa shape index (κ3) is 3.19. The van der Waals surface area contributed by atoms with Gasteiger partial charge >= 0.3 is 5.69 Å². The van der Waals surface area contributed by atoms with E-state index in [9.17, 15) is 9.90 Å². The zero-order valence-corrected chi connectivity index (χ0v) is 15.1. The molecule has 0 saturated carbocycles. The van der Waals surface area contributed by atoms with Crippen molar-refractivity contribution in [2.24, 2.45) is 0 Å². The molecule has 9 nitrogen and oxygen atoms in total. The molecule has 2 aliphatic rings. The Labute approximate surface area is 155 Å². The number of aliphatic hydroxyl groups excluding tert-OH is 1. The van der Waals surface area contributed by atoms with E-state index >= 15 is 0 Å². The van der Waals surface area contributed by atoms with E-state index in [1.807, 2.05) is 43.3 Å². The van der Waals surface area contributed by atoms with Crippen molar-refractivity contribution in [3.05, 3.63) is 52.6 Å². The standard InChI is InChI=1S/C18H22N4O5/c1-21(2)11-5-3-10(4-6-11)17-26-14-12(9-23)25-16(15(14)27-17)22-8-7-13(19)20-18(22)24/h3-8,12,14-17,23H,9H2,1-2H3,(H2,19,20,24). The average Bonchev–Trinajstić information content (AvgIpc) is 3.21. The predicted octanol–water partition coefficient (Wildman–Crippen LogP) is 0.264. The molecule has 5 unspecified atom stereocenters. The number of fused-ring (bicyclic) bond motifs is 1. The summed E-state index contributed by atoms with van der Waals surface area (Å²) in [5.74, 6) is 0.131. The maximum Gasteiger partial charge on any atom is 0.351 e. The van der Waals surface area contributed by atoms with Gasteiger partial charge in [0.2, 0.25) is 0 Å². The Bertz CT molecular complexity index is 869. The van der Waals surface area contributed by atoms with Crippen LogP contribution in [0, 0.1) is 0 Å². The number of nitrogens with two attached hydrogens (primary N) is 1. The highest BCUT2D eigenvalue weighted by molar-refractivity contribution is 5.46. The number of nitrogens with zero attached hydrogens (tertiary/aromatic N) is 3. The van der Waals surface area contributed by atoms with E-state index in [0.717, 1.165) is 11.3 Å². The number of hydrogen-bond donors (Lipinski definition) is 2. The summed E-state index contributed by atoms with van der Waals surface area (Å²) in [6.07, 6.45) is -1.50. The molecule has 3 N–H and O–H groups in total. The summed E-state index contributed by atoms with van der Waals surface area (Å²) >= 11 is 0. The van der Waals surface area contributed by atoms with Crippen molar-refractivity contribution in [2.45, 2.75) is 30.8 Å². The van der Waals surface area contributed by atoms with Crippen LogP contribution in [0.15, 0.2) is 41.3 Å². The smallest absolute Gasteiger partial charge is 0.351 e. The molecule has 9 heteroatoms. The second-order valence-electron chi connectivity index (χ2n) is 6.81. The van der Waals surface area contributed by atoms with Gasteiger partial charge in [0.1, 0.15) is 24.1 Å². The topological polar surface area (TPSA) is 112 Å². The van der Waals surface area contributed by atoms with Crippen LogP contribution in [0.25, 0.3) is 0 Å². The Morgan fingerprint density at radius 3 is 2.48 bits per heavy atom. The van der Waals surface area contributed by atoms with Crippen LogP contribution in [0.1, 0.15) is 18.1 Å². The van der Waals surface area contributed by atoms with Crippen LogP contribution in [-0.4, -0.2) is 53.7 Å². The number of aliphatic hydroxyl groups is 1. The minimum Gasteiger partial charge on any atom is -0.394 e. The molecular weight excluding hydrogens is 352 g/mol. The van der Waals surface area contributed by atoms with Crippen molar-refractivity contribution in [1.29, 1.82) is 0 Å². The maximum atomic E-state index is 12.2. The lowest BCUT2D eigenvalue weighted by molar-refractivity contribution is -0.155. The van der Waals surface area contributed by atoms with Crippen LogP contribution < -0.4 is 16.3 Å². The molecule has 3 heterocycles. The number of aromatic nitrogens is 2. The van der Waals surface area contributed by atoms with Crippen LogP contribution >= 0.6 is 0 Å². The minimum absolute atomic E-state index is 0.131. The fraction of sp³-hybridized carbons (Fsp3) is 0.444. The van der Waals surface area contributed by atoms with Crippen molar-refractivity contribution in [2.75, 3.05) is 31.3 Å². The molecule has 144 valence electrons. The van der Waals surface area contributed by atoms with Crippen molar-refractivity contribution < 1.29 is 19.3 Å². The van der Waals surface area contributed by atoms with Crippen LogP contribution in [-0.2, 0) is 14.2 Å². The number of rotatable bonds is 4. The van der Waals surface area contributed by atoms with Gasteiger partial charge in [-0.1, -0.05) is 12.1 Å². The second-order valence-corrected chi connectivity index (χ2v) is 6.81. The Balaban J connectivity index is 1.60. The molecule has 0 bridgehead atoms. The summed E-state index contributed by atoms with van der Waals surface area (Å²) in [5, 5.41) is 9.66. The molecule has 2 aliphatic heterocycles. The van der Waals surface area contributed by atoms with Crippen LogP contribution in [0.4, 0.5) is 11.5 Å². The normalized spacial score (nSPS) is 29.7. The van der Waals surface area contributed by atoms with Gasteiger partial charge in [-0.3, -0.25) is 4.57 Å². The Morgan fingerprint density at radius 2 is 1.85 bits per heavy atom. The molecule has 2 saturated heterocycles. The Hall–Kier alpha value is -2.46. The number of nitrogen functional groups attached to an aromatic ring is 1. The molecule has 4 rings (SSSR count). The largest absolute Gasteiger partial charge is 0.394 e. The quantitative estimate of drug-likeness (QED) is 0.784. The summed E-state index contributed by atoms with van der Waals surface area (Å²) in [6, 6.07) is 9.33. The lowest BCUT2D eigenvalue weighted by Crippen LogP contribution is -2.34. The van der Waals surface area contributed by atoms with Crippen LogP contribution in [0.5, 0.6) is 0 Å². The highest BCUT2D eigenvalue weighted by Gasteiger charge is 2.53. The monoisotopic (exact) mass is 374 g/mol. The van der Waals surface area contributed by atoms with Gasteiger partial charge in [-0.2, -0.15) is 4.98 Å². The van der Waals surface area contributed by atoms with Gasteiger partial charge in [0.25, 0.3) is 0 Å². The van der Waals surface area contributed by atoms with E-state index in [0.29, 0.717) is 0 Å². The highest BCUT2D eigenvalue weighted by atomic mass is 16.8. The summed E-state index contributed by atoms with van der Waals surface area (Å²) in [6.45, 7) is -0.246. The molecule has 0 amide bonds. The minimum atomic E-state index is -0.751. The van der Waals surface area contributed by atoms with Gasteiger partial charge in [-0.25, -0.2) is 4.79 Å². The van der Waals surface area contributed by atoms with Crippen LogP contribution in [0.3, 0.4) is 0 Å². The van der Waals surface area contributed by atoms with Gasteiger partial charge in [-0.15, -0.1) is 0 Å². The molecule has 0 spiro atoms. The molecule has 2 fully saturated rings. The molecular formula is C18H22N4O5. The van der Waals surface area contributed by atoms with Crippen molar-refractivity contribution in [3.63, 3.8) is 0 Å². The first-order valence-electron chi connectivity index (χ1n) is 8.67. The fourth-order valence-electron chi connectivity index (χ4n) is 3.41. The van der Waals surface area contributed by atoms with Gasteiger partial charge in [0.15, 0.2) is 12.5 Å². The first-order valence-corrected chi connectivity index (χ1v) is 8.67. The summed E-state index contributed by atoms with van der Waals surface area (Å²) < 4.78 is 19.2. The zero-order chi connectivity index (χ0) is 19.1. The van der Waals surface area contributed by atoms with Crippen molar-refractivity contribution in [3.8, 4) is 0 Å². The molecule has 2 aromatic rings. The predicted molar refractivity (Wildman–Crippen MR) is 97.2 cm³/mol. The van der Waals surface area contributed by atoms with E-state index in [4.69, 9.17) is 19.9 Å². The molecule has 1 aromatic carbocycles. The number of ether oxygens (including phenoxy) is 3. The third-order valence-electron chi connectivity index (χ3n) is 4.83. The fourth-order valence-corrected chi connectivity index (χ4v) is 3.41. The molecule has 27 heavy (non-hydrogen) atoms. The summed E-state index contributed by atoms with van der Waals surface area (Å²) in [7, 11) is 3.93. The zero-order valence-electron chi connectivity index (χ0n) is 15.1. The first-order chi connectivity index (χ1) is 13.0. The lowest BCUT2D eigenvalue weighted by Gasteiger charge is -2.21. The SMILES string of the molecule is CN(C)c1ccc(C2OC3C(CO)OC(n4ccc(N)nc4=O)C3O2)cc1. The molecule has 1 aromatic heterocycles. The van der Waals surface area contributed by atoms with Crippen molar-refractivity contribution >= 4 is 11.5 Å². The third-order valence-corrected chi connectivity index (χ3v) is 4.83. The van der Waals surface area contributed by atoms with Gasteiger partial charge in [0, 0.05) is 31.5 Å². The average molecular weight is 374 g/mol. The maximum absolute atomic E-state index is 12.2. The summed E-state index contributed by atoms with van der Waals surface area (Å²) in [4.78, 5) is 17.9. The second kappa shape index (κ2) is 6.93. The first kappa shape index (κ1) is 17.9. The Kier molecular flexibility index (Phi) is 4.60. The van der Waals surface area contributed by atoms with E-state index in [-0.39, 0.29) is 12.4 Å². The van der Waals surface area contributed by atoms with E-state index < -0.39 is 36.5 Å². The van der Waals surface area contributed by atoms with E-state index in [1.165, 1.54) is 16.8 Å². The molecule has 0 radical (unpaired) electrons. The Morgan fingerprint density at radius 1 is 1.15 bits per heavy atom. The lowest BCUT2D eigenvalue weighted by atomic mass is 10.1. The highest BCUT2D eigenvalue weighted by Crippen LogP contribution is 2.43. The van der Waals surface area contributed by atoms with Gasteiger partial charge in [0.05, 0.1) is 6.61 Å². The molecule has 5 atom stereocenters.